The van der Waals surface area contributed by atoms with Crippen LogP contribution in [-0.2, 0) is 0 Å². The number of aliphatic imine (C=N–C) groups is 1. The Bertz CT molecular complexity index is 268. The van der Waals surface area contributed by atoms with Crippen molar-refractivity contribution in [3.63, 3.8) is 0 Å². The number of nitrogens with zero attached hydrogens (tertiary/aromatic N) is 1. The second-order valence-corrected chi connectivity index (χ2v) is 6.73. The maximum atomic E-state index is 6.18. The fraction of sp³-hybridized carbons (Fsp3) is 0.929. The van der Waals surface area contributed by atoms with Gasteiger partial charge >= 0.3 is 0 Å². The fourth-order valence-corrected chi connectivity index (χ4v) is 3.27. The molecule has 2 heteroatoms. The lowest BCUT2D eigenvalue weighted by Crippen LogP contribution is -2.43. The molecule has 0 amide bonds. The highest BCUT2D eigenvalue weighted by molar-refractivity contribution is 5.81. The highest BCUT2D eigenvalue weighted by Gasteiger charge is 2.39. The Balaban J connectivity index is 2.69. The van der Waals surface area contributed by atoms with Crippen molar-refractivity contribution in [2.24, 2.45) is 21.6 Å². The van der Waals surface area contributed by atoms with Crippen LogP contribution in [0.15, 0.2) is 4.99 Å². The van der Waals surface area contributed by atoms with E-state index in [4.69, 9.17) is 10.7 Å². The molecule has 2 N–H and O–H groups in total. The smallest absolute Gasteiger partial charge is 0.0443 e. The van der Waals surface area contributed by atoms with E-state index in [9.17, 15) is 0 Å². The predicted molar refractivity (Wildman–Crippen MR) is 72.0 cm³/mol. The summed E-state index contributed by atoms with van der Waals surface area (Å²) in [6.07, 6.45) is 4.58. The van der Waals surface area contributed by atoms with E-state index in [1.54, 1.807) is 0 Å². The van der Waals surface area contributed by atoms with E-state index in [0.29, 0.717) is 16.9 Å². The van der Waals surface area contributed by atoms with E-state index >= 15 is 0 Å². The Hall–Kier alpha value is -0.370. The van der Waals surface area contributed by atoms with Crippen LogP contribution in [0.25, 0.3) is 0 Å². The molecule has 0 spiro atoms. The van der Waals surface area contributed by atoms with Crippen LogP contribution in [0.2, 0.25) is 0 Å². The third-order valence-corrected chi connectivity index (χ3v) is 3.72. The van der Waals surface area contributed by atoms with Gasteiger partial charge in [-0.25, -0.2) is 0 Å². The Kier molecular flexibility index (Phi) is 4.17. The first kappa shape index (κ1) is 13.7. The molecule has 16 heavy (non-hydrogen) atoms. The molecule has 2 unspecified atom stereocenters. The summed E-state index contributed by atoms with van der Waals surface area (Å²) in [7, 11) is 0. The monoisotopic (exact) mass is 224 g/mol. The van der Waals surface area contributed by atoms with Crippen molar-refractivity contribution in [3.05, 3.63) is 0 Å². The Morgan fingerprint density at radius 3 is 2.44 bits per heavy atom. The lowest BCUT2D eigenvalue weighted by atomic mass is 9.63. The highest BCUT2D eigenvalue weighted by atomic mass is 14.8. The van der Waals surface area contributed by atoms with Gasteiger partial charge in [0.2, 0.25) is 0 Å². The SMILES string of the molecule is CCC(C)=NCC1(C)CC(N)CC(C)(C)C1. The quantitative estimate of drug-likeness (QED) is 0.733. The number of hydrogen-bond donors (Lipinski definition) is 1. The molecule has 0 aliphatic heterocycles. The van der Waals surface area contributed by atoms with Crippen LogP contribution in [-0.4, -0.2) is 18.3 Å². The Morgan fingerprint density at radius 1 is 1.31 bits per heavy atom. The minimum Gasteiger partial charge on any atom is -0.328 e. The van der Waals surface area contributed by atoms with Gasteiger partial charge in [-0.05, 0) is 43.4 Å². The van der Waals surface area contributed by atoms with Gasteiger partial charge in [-0.1, -0.05) is 27.7 Å². The molecule has 0 bridgehead atoms. The first-order valence-corrected chi connectivity index (χ1v) is 6.52. The minimum absolute atomic E-state index is 0.303. The second-order valence-electron chi connectivity index (χ2n) is 6.73. The van der Waals surface area contributed by atoms with Gasteiger partial charge in [0.25, 0.3) is 0 Å². The fourth-order valence-electron chi connectivity index (χ4n) is 3.27. The number of hydrogen-bond acceptors (Lipinski definition) is 2. The summed E-state index contributed by atoms with van der Waals surface area (Å²) >= 11 is 0. The zero-order valence-corrected chi connectivity index (χ0v) is 11.6. The molecular weight excluding hydrogens is 196 g/mol. The average molecular weight is 224 g/mol. The van der Waals surface area contributed by atoms with Crippen molar-refractivity contribution >= 4 is 5.71 Å². The second kappa shape index (κ2) is 4.87. The molecule has 0 aromatic carbocycles. The topological polar surface area (TPSA) is 38.4 Å². The van der Waals surface area contributed by atoms with Crippen LogP contribution in [0.1, 0.15) is 60.3 Å². The number of rotatable bonds is 3. The summed E-state index contributed by atoms with van der Waals surface area (Å²) in [4.78, 5) is 4.70. The maximum absolute atomic E-state index is 6.18. The van der Waals surface area contributed by atoms with Crippen LogP contribution in [0, 0.1) is 10.8 Å². The Labute approximate surface area is 101 Å². The van der Waals surface area contributed by atoms with Crippen molar-refractivity contribution in [3.8, 4) is 0 Å². The highest BCUT2D eigenvalue weighted by Crippen LogP contribution is 2.45. The Morgan fingerprint density at radius 2 is 1.94 bits per heavy atom. The van der Waals surface area contributed by atoms with E-state index in [1.807, 2.05) is 0 Å². The molecule has 1 fully saturated rings. The molecule has 94 valence electrons. The van der Waals surface area contributed by atoms with Crippen LogP contribution in [0.4, 0.5) is 0 Å². The van der Waals surface area contributed by atoms with Crippen molar-refractivity contribution in [2.45, 2.75) is 66.3 Å². The molecular formula is C14H28N2. The van der Waals surface area contributed by atoms with E-state index in [2.05, 4.69) is 34.6 Å². The van der Waals surface area contributed by atoms with Crippen LogP contribution in [0.3, 0.4) is 0 Å². The van der Waals surface area contributed by atoms with Crippen molar-refractivity contribution in [2.75, 3.05) is 6.54 Å². The lowest BCUT2D eigenvalue weighted by molar-refractivity contribution is 0.0908. The summed E-state index contributed by atoms with van der Waals surface area (Å²) in [6, 6.07) is 0.353. The standard InChI is InChI=1S/C14H28N2/c1-6-11(2)16-10-14(5)8-12(15)7-13(3,4)9-14/h12H,6-10,15H2,1-5H3. The van der Waals surface area contributed by atoms with Gasteiger partial charge in [0.15, 0.2) is 0 Å². The summed E-state index contributed by atoms with van der Waals surface area (Å²) in [5, 5.41) is 0. The van der Waals surface area contributed by atoms with Crippen molar-refractivity contribution in [1.82, 2.24) is 0 Å². The molecule has 1 aliphatic carbocycles. The van der Waals surface area contributed by atoms with Gasteiger partial charge < -0.3 is 5.73 Å². The zero-order valence-electron chi connectivity index (χ0n) is 11.6. The first-order valence-electron chi connectivity index (χ1n) is 6.52. The molecule has 0 radical (unpaired) electrons. The zero-order chi connectivity index (χ0) is 12.4. The molecule has 0 aromatic heterocycles. The average Bonchev–Trinajstić information content (AvgIpc) is 2.10. The molecule has 1 aliphatic rings. The predicted octanol–water partition coefficient (Wildman–Crippen LogP) is 3.40. The summed E-state index contributed by atoms with van der Waals surface area (Å²) < 4.78 is 0. The van der Waals surface area contributed by atoms with Crippen molar-refractivity contribution < 1.29 is 0 Å². The minimum atomic E-state index is 0.303. The third kappa shape index (κ3) is 3.89. The first-order chi connectivity index (χ1) is 7.26. The van der Waals surface area contributed by atoms with E-state index < -0.39 is 0 Å². The van der Waals surface area contributed by atoms with Crippen molar-refractivity contribution in [1.29, 1.82) is 0 Å². The summed E-state index contributed by atoms with van der Waals surface area (Å²) in [5.74, 6) is 0. The molecule has 2 nitrogen and oxygen atoms in total. The van der Waals surface area contributed by atoms with Gasteiger partial charge in [-0.3, -0.25) is 4.99 Å². The molecule has 1 saturated carbocycles. The molecule has 0 heterocycles. The van der Waals surface area contributed by atoms with Crippen LogP contribution < -0.4 is 5.73 Å². The molecule has 0 aromatic rings. The maximum Gasteiger partial charge on any atom is 0.0443 e. The van der Waals surface area contributed by atoms with E-state index in [-0.39, 0.29) is 0 Å². The molecule has 1 rings (SSSR count). The van der Waals surface area contributed by atoms with E-state index in [1.165, 1.54) is 12.1 Å². The van der Waals surface area contributed by atoms with Gasteiger partial charge in [-0.2, -0.15) is 0 Å². The normalized spacial score (nSPS) is 35.1. The lowest BCUT2D eigenvalue weighted by Gasteiger charge is -2.45. The number of nitrogens with two attached hydrogens (primary N) is 1. The largest absolute Gasteiger partial charge is 0.328 e. The molecule has 2 atom stereocenters. The van der Waals surface area contributed by atoms with Gasteiger partial charge in [0.05, 0.1) is 0 Å². The van der Waals surface area contributed by atoms with Gasteiger partial charge in [-0.15, -0.1) is 0 Å². The molecule has 0 saturated heterocycles. The summed E-state index contributed by atoms with van der Waals surface area (Å²) in [5.41, 5.74) is 8.12. The van der Waals surface area contributed by atoms with Gasteiger partial charge in [0, 0.05) is 18.3 Å². The van der Waals surface area contributed by atoms with Crippen LogP contribution in [0.5, 0.6) is 0 Å². The van der Waals surface area contributed by atoms with E-state index in [0.717, 1.165) is 25.8 Å². The van der Waals surface area contributed by atoms with Crippen LogP contribution >= 0.6 is 0 Å². The summed E-state index contributed by atoms with van der Waals surface area (Å²) in [6.45, 7) is 12.3. The van der Waals surface area contributed by atoms with Gasteiger partial charge in [0.1, 0.15) is 0 Å². The third-order valence-electron chi connectivity index (χ3n) is 3.72.